The van der Waals surface area contributed by atoms with Crippen molar-refractivity contribution in [3.8, 4) is 0 Å². The lowest BCUT2D eigenvalue weighted by Gasteiger charge is -2.25. The highest BCUT2D eigenvalue weighted by molar-refractivity contribution is 5.94. The number of aliphatic hydroxyl groups is 1. The van der Waals surface area contributed by atoms with E-state index < -0.39 is 79.2 Å². The number of hydrogen-bond donors (Lipinski definition) is 8. The van der Waals surface area contributed by atoms with E-state index in [0.717, 1.165) is 0 Å². The molecule has 0 aromatic carbocycles. The molecule has 0 spiro atoms. The Hall–Kier alpha value is -3.26. The van der Waals surface area contributed by atoms with Gasteiger partial charge in [0.05, 0.1) is 12.6 Å². The van der Waals surface area contributed by atoms with Gasteiger partial charge in [0.25, 0.3) is 0 Å². The van der Waals surface area contributed by atoms with Crippen molar-refractivity contribution in [2.24, 2.45) is 17.4 Å². The first-order valence-corrected chi connectivity index (χ1v) is 10.3. The zero-order valence-electron chi connectivity index (χ0n) is 18.6. The normalized spacial score (nSPS) is 15.3. The van der Waals surface area contributed by atoms with E-state index in [-0.39, 0.29) is 18.8 Å². The molecule has 0 heterocycles. The number of rotatable bonds is 16. The van der Waals surface area contributed by atoms with Crippen LogP contribution in [-0.2, 0) is 28.8 Å². The number of nitrogens with two attached hydrogens (primary N) is 2. The van der Waals surface area contributed by atoms with Gasteiger partial charge in [-0.2, -0.15) is 0 Å². The summed E-state index contributed by atoms with van der Waals surface area (Å²) in [6.07, 6.45) is -1.03. The lowest BCUT2D eigenvalue weighted by Crippen LogP contribution is -2.58. The molecule has 0 radical (unpaired) electrons. The van der Waals surface area contributed by atoms with Crippen molar-refractivity contribution in [2.75, 3.05) is 6.61 Å². The molecule has 188 valence electrons. The van der Waals surface area contributed by atoms with Crippen LogP contribution in [0.3, 0.4) is 0 Å². The van der Waals surface area contributed by atoms with E-state index in [1.165, 1.54) is 0 Å². The maximum Gasteiger partial charge on any atom is 0.326 e. The number of hydrogen-bond acceptors (Lipinski definition) is 8. The predicted octanol–water partition coefficient (Wildman–Crippen LogP) is -2.98. The third-order valence-electron chi connectivity index (χ3n) is 4.95. The van der Waals surface area contributed by atoms with Crippen molar-refractivity contribution in [2.45, 2.75) is 70.1 Å². The lowest BCUT2D eigenvalue weighted by atomic mass is 9.99. The Labute approximate surface area is 190 Å². The van der Waals surface area contributed by atoms with E-state index in [1.807, 2.05) is 6.92 Å². The molecule has 14 heteroatoms. The third-order valence-corrected chi connectivity index (χ3v) is 4.95. The summed E-state index contributed by atoms with van der Waals surface area (Å²) in [6, 6.07) is -5.46. The molecular weight excluding hydrogens is 442 g/mol. The van der Waals surface area contributed by atoms with Gasteiger partial charge in [0.1, 0.15) is 18.1 Å². The Morgan fingerprint density at radius 1 is 0.818 bits per heavy atom. The van der Waals surface area contributed by atoms with Gasteiger partial charge in [0, 0.05) is 12.8 Å². The van der Waals surface area contributed by atoms with Crippen molar-refractivity contribution in [1.82, 2.24) is 16.0 Å². The molecule has 0 rings (SSSR count). The number of primary amides is 1. The lowest BCUT2D eigenvalue weighted by molar-refractivity contribution is -0.143. The average molecular weight is 475 g/mol. The molecule has 0 aliphatic heterocycles. The van der Waals surface area contributed by atoms with Crippen LogP contribution in [0.15, 0.2) is 0 Å². The van der Waals surface area contributed by atoms with Crippen molar-refractivity contribution in [3.63, 3.8) is 0 Å². The first kappa shape index (κ1) is 29.7. The number of amides is 4. The van der Waals surface area contributed by atoms with Crippen LogP contribution in [0.4, 0.5) is 0 Å². The number of aliphatic hydroxyl groups excluding tert-OH is 1. The smallest absolute Gasteiger partial charge is 0.326 e. The number of carbonyl (C=O) groups is 6. The molecular formula is C19H33N5O9. The molecule has 33 heavy (non-hydrogen) atoms. The molecule has 10 N–H and O–H groups in total. The Morgan fingerprint density at radius 3 is 1.76 bits per heavy atom. The molecule has 0 saturated carbocycles. The standard InChI is InChI=1S/C19H33N5O9/c1-3-9(2)15(21)18(31)24-12(8-25)17(30)22-10(5-7-14(27)28)16(29)23-11(19(32)33)4-6-13(20)26/h9-12,15,25H,3-8,21H2,1-2H3,(H2,20,26)(H,22,30)(H,23,29)(H,24,31)(H,27,28)(H,32,33). The van der Waals surface area contributed by atoms with Crippen molar-refractivity contribution in [1.29, 1.82) is 0 Å². The summed E-state index contributed by atoms with van der Waals surface area (Å²) in [5.41, 5.74) is 10.8. The molecule has 0 fully saturated rings. The van der Waals surface area contributed by atoms with Crippen LogP contribution >= 0.6 is 0 Å². The van der Waals surface area contributed by atoms with Crippen LogP contribution in [0.25, 0.3) is 0 Å². The van der Waals surface area contributed by atoms with Gasteiger partial charge >= 0.3 is 11.9 Å². The number of carboxylic acid groups (broad SMARTS) is 2. The van der Waals surface area contributed by atoms with Crippen LogP contribution in [-0.4, -0.2) is 81.7 Å². The molecule has 0 aromatic rings. The van der Waals surface area contributed by atoms with E-state index in [9.17, 15) is 39.0 Å². The first-order valence-electron chi connectivity index (χ1n) is 10.3. The number of nitrogens with one attached hydrogen (secondary N) is 3. The molecule has 4 amide bonds. The van der Waals surface area contributed by atoms with Crippen LogP contribution in [0.2, 0.25) is 0 Å². The van der Waals surface area contributed by atoms with E-state index in [2.05, 4.69) is 16.0 Å². The summed E-state index contributed by atoms with van der Waals surface area (Å²) in [7, 11) is 0. The fourth-order valence-electron chi connectivity index (χ4n) is 2.60. The fraction of sp³-hybridized carbons (Fsp3) is 0.684. The van der Waals surface area contributed by atoms with E-state index in [0.29, 0.717) is 6.42 Å². The summed E-state index contributed by atoms with van der Waals surface area (Å²) in [6.45, 7) is 2.70. The van der Waals surface area contributed by atoms with Gasteiger partial charge in [0.15, 0.2) is 0 Å². The second kappa shape index (κ2) is 14.7. The monoisotopic (exact) mass is 475 g/mol. The van der Waals surface area contributed by atoms with E-state index >= 15 is 0 Å². The Morgan fingerprint density at radius 2 is 1.30 bits per heavy atom. The van der Waals surface area contributed by atoms with Crippen molar-refractivity contribution < 1.29 is 44.1 Å². The van der Waals surface area contributed by atoms with Gasteiger partial charge in [-0.3, -0.25) is 24.0 Å². The van der Waals surface area contributed by atoms with Crippen LogP contribution in [0.1, 0.15) is 46.0 Å². The quantitative estimate of drug-likeness (QED) is 0.112. The third kappa shape index (κ3) is 11.2. The molecule has 0 aromatic heterocycles. The Kier molecular flexibility index (Phi) is 13.3. The van der Waals surface area contributed by atoms with Crippen molar-refractivity contribution in [3.05, 3.63) is 0 Å². The molecule has 5 unspecified atom stereocenters. The van der Waals surface area contributed by atoms with Crippen molar-refractivity contribution >= 4 is 35.6 Å². The highest BCUT2D eigenvalue weighted by Crippen LogP contribution is 2.06. The van der Waals surface area contributed by atoms with Gasteiger partial charge in [0.2, 0.25) is 23.6 Å². The SMILES string of the molecule is CCC(C)C(N)C(=O)NC(CO)C(=O)NC(CCC(=O)O)C(=O)NC(CCC(N)=O)C(=O)O. The van der Waals surface area contributed by atoms with E-state index in [4.69, 9.17) is 16.6 Å². The number of carboxylic acids is 2. The number of aliphatic carboxylic acids is 2. The summed E-state index contributed by atoms with van der Waals surface area (Å²) < 4.78 is 0. The molecule has 0 bridgehead atoms. The average Bonchev–Trinajstić information content (AvgIpc) is 2.75. The molecule has 14 nitrogen and oxygen atoms in total. The summed E-state index contributed by atoms with van der Waals surface area (Å²) in [5, 5.41) is 34.2. The largest absolute Gasteiger partial charge is 0.481 e. The minimum absolute atomic E-state index is 0.213. The van der Waals surface area contributed by atoms with Gasteiger partial charge in [-0.1, -0.05) is 20.3 Å². The maximum absolute atomic E-state index is 12.6. The summed E-state index contributed by atoms with van der Waals surface area (Å²) >= 11 is 0. The van der Waals surface area contributed by atoms with Gasteiger partial charge < -0.3 is 42.7 Å². The molecule has 0 aliphatic rings. The second-order valence-electron chi connectivity index (χ2n) is 7.55. The Bertz CT molecular complexity index is 730. The summed E-state index contributed by atoms with van der Waals surface area (Å²) in [5.74, 6) is -6.48. The zero-order valence-corrected chi connectivity index (χ0v) is 18.6. The first-order chi connectivity index (χ1) is 15.3. The highest BCUT2D eigenvalue weighted by atomic mass is 16.4. The maximum atomic E-state index is 12.6. The Balaban J connectivity index is 5.38. The van der Waals surface area contributed by atoms with E-state index in [1.54, 1.807) is 6.92 Å². The predicted molar refractivity (Wildman–Crippen MR) is 113 cm³/mol. The molecule has 0 saturated heterocycles. The van der Waals surface area contributed by atoms with Crippen LogP contribution < -0.4 is 27.4 Å². The van der Waals surface area contributed by atoms with Gasteiger partial charge in [-0.25, -0.2) is 4.79 Å². The van der Waals surface area contributed by atoms with Crippen LogP contribution in [0.5, 0.6) is 0 Å². The second-order valence-corrected chi connectivity index (χ2v) is 7.55. The minimum atomic E-state index is -1.52. The number of carbonyl (C=O) groups excluding carboxylic acids is 4. The summed E-state index contributed by atoms with van der Waals surface area (Å²) in [4.78, 5) is 70.5. The van der Waals surface area contributed by atoms with Gasteiger partial charge in [-0.05, 0) is 18.8 Å². The fourth-order valence-corrected chi connectivity index (χ4v) is 2.60. The topological polar surface area (TPSA) is 251 Å². The zero-order chi connectivity index (χ0) is 25.7. The molecule has 5 atom stereocenters. The van der Waals surface area contributed by atoms with Gasteiger partial charge in [-0.15, -0.1) is 0 Å². The highest BCUT2D eigenvalue weighted by Gasteiger charge is 2.31. The molecule has 0 aliphatic carbocycles. The minimum Gasteiger partial charge on any atom is -0.481 e. The van der Waals surface area contributed by atoms with Crippen LogP contribution in [0, 0.1) is 5.92 Å².